The number of oxime groups is 1. The maximum atomic E-state index is 12.1. The maximum absolute atomic E-state index is 12.1. The van der Waals surface area contributed by atoms with Crippen molar-refractivity contribution in [2.24, 2.45) is 10.6 Å². The first-order valence-electron chi connectivity index (χ1n) is 7.37. The van der Waals surface area contributed by atoms with Gasteiger partial charge in [-0.15, -0.1) is 0 Å². The molecule has 0 saturated heterocycles. The predicted octanol–water partition coefficient (Wildman–Crippen LogP) is 3.07. The zero-order chi connectivity index (χ0) is 15.5. The number of likely N-dealkylation sites (N-methyl/N-ethyl adjacent to an activating group) is 1. The Bertz CT molecular complexity index is 517. The lowest BCUT2D eigenvalue weighted by molar-refractivity contribution is -0.133. The lowest BCUT2D eigenvalue weighted by Crippen LogP contribution is -2.36. The number of carbonyl (C=O) groups is 1. The maximum Gasteiger partial charge on any atom is 0.222 e. The SMILES string of the molecule is CN(C[C@@H]1CC(c2ccccc2)=NO1)C(=O)CC(C)(C)C. The lowest BCUT2D eigenvalue weighted by atomic mass is 9.91. The normalized spacial score (nSPS) is 18.1. The van der Waals surface area contributed by atoms with Crippen LogP contribution in [0.25, 0.3) is 0 Å². The average molecular weight is 288 g/mol. The summed E-state index contributed by atoms with van der Waals surface area (Å²) in [7, 11) is 1.83. The standard InChI is InChI=1S/C17H24N2O2/c1-17(2,3)11-16(20)19(4)12-14-10-15(18-21-14)13-8-6-5-7-9-13/h5-9,14H,10-12H2,1-4H3/t14-/m0/s1. The first-order valence-corrected chi connectivity index (χ1v) is 7.37. The molecule has 1 atom stereocenters. The highest BCUT2D eigenvalue weighted by Crippen LogP contribution is 2.21. The smallest absolute Gasteiger partial charge is 0.222 e. The van der Waals surface area contributed by atoms with Gasteiger partial charge in [-0.25, -0.2) is 0 Å². The Morgan fingerprint density at radius 1 is 1.33 bits per heavy atom. The van der Waals surface area contributed by atoms with Crippen LogP contribution in [-0.4, -0.2) is 36.2 Å². The fraction of sp³-hybridized carbons (Fsp3) is 0.529. The molecular weight excluding hydrogens is 264 g/mol. The highest BCUT2D eigenvalue weighted by Gasteiger charge is 2.26. The number of nitrogens with zero attached hydrogens (tertiary/aromatic N) is 2. The second kappa shape index (κ2) is 6.29. The van der Waals surface area contributed by atoms with E-state index in [4.69, 9.17) is 4.84 Å². The summed E-state index contributed by atoms with van der Waals surface area (Å²) in [5.74, 6) is 0.152. The third-order valence-electron chi connectivity index (χ3n) is 3.42. The molecule has 1 amide bonds. The second-order valence-electron chi connectivity index (χ2n) is 6.85. The summed E-state index contributed by atoms with van der Waals surface area (Å²) in [6, 6.07) is 10.0. The minimum absolute atomic E-state index is 0.00752. The Balaban J connectivity index is 1.85. The number of hydrogen-bond donors (Lipinski definition) is 0. The van der Waals surface area contributed by atoms with Crippen molar-refractivity contribution in [2.45, 2.75) is 39.7 Å². The zero-order valence-corrected chi connectivity index (χ0v) is 13.3. The van der Waals surface area contributed by atoms with Gasteiger partial charge in [0, 0.05) is 19.9 Å². The Hall–Kier alpha value is -1.84. The molecular formula is C17H24N2O2. The number of amides is 1. The van der Waals surface area contributed by atoms with Crippen LogP contribution in [0.1, 0.15) is 39.2 Å². The van der Waals surface area contributed by atoms with Gasteiger partial charge in [0.2, 0.25) is 5.91 Å². The van der Waals surface area contributed by atoms with Crippen molar-refractivity contribution in [1.82, 2.24) is 4.90 Å². The Morgan fingerprint density at radius 2 is 2.00 bits per heavy atom. The molecule has 0 aliphatic carbocycles. The van der Waals surface area contributed by atoms with Gasteiger partial charge < -0.3 is 9.74 Å². The quantitative estimate of drug-likeness (QED) is 0.854. The van der Waals surface area contributed by atoms with Gasteiger partial charge in [0.15, 0.2) is 6.10 Å². The van der Waals surface area contributed by atoms with Gasteiger partial charge in [0.05, 0.1) is 12.3 Å². The van der Waals surface area contributed by atoms with Gasteiger partial charge >= 0.3 is 0 Å². The van der Waals surface area contributed by atoms with Gasteiger partial charge in [0.1, 0.15) is 0 Å². The van der Waals surface area contributed by atoms with Crippen molar-refractivity contribution in [3.63, 3.8) is 0 Å². The van der Waals surface area contributed by atoms with Crippen LogP contribution < -0.4 is 0 Å². The van der Waals surface area contributed by atoms with Crippen LogP contribution in [0.15, 0.2) is 35.5 Å². The molecule has 0 bridgehead atoms. The van der Waals surface area contributed by atoms with E-state index in [1.54, 1.807) is 4.90 Å². The monoisotopic (exact) mass is 288 g/mol. The molecule has 114 valence electrons. The molecule has 2 rings (SSSR count). The van der Waals surface area contributed by atoms with Crippen LogP contribution >= 0.6 is 0 Å². The molecule has 0 unspecified atom stereocenters. The van der Waals surface area contributed by atoms with E-state index < -0.39 is 0 Å². The minimum Gasteiger partial charge on any atom is -0.390 e. The molecule has 0 aromatic heterocycles. The average Bonchev–Trinajstić information content (AvgIpc) is 2.86. The Labute approximate surface area is 126 Å². The molecule has 4 nitrogen and oxygen atoms in total. The van der Waals surface area contributed by atoms with Gasteiger partial charge in [-0.3, -0.25) is 4.79 Å². The van der Waals surface area contributed by atoms with Gasteiger partial charge in [-0.1, -0.05) is 56.3 Å². The Morgan fingerprint density at radius 3 is 2.62 bits per heavy atom. The van der Waals surface area contributed by atoms with Crippen molar-refractivity contribution < 1.29 is 9.63 Å². The van der Waals surface area contributed by atoms with Crippen LogP contribution in [0.2, 0.25) is 0 Å². The fourth-order valence-electron chi connectivity index (χ4n) is 2.32. The van der Waals surface area contributed by atoms with Crippen LogP contribution in [0, 0.1) is 5.41 Å². The first kappa shape index (κ1) is 15.5. The van der Waals surface area contributed by atoms with E-state index in [0.717, 1.165) is 17.7 Å². The molecule has 0 radical (unpaired) electrons. The fourth-order valence-corrected chi connectivity index (χ4v) is 2.32. The third-order valence-corrected chi connectivity index (χ3v) is 3.42. The summed E-state index contributed by atoms with van der Waals surface area (Å²) in [5, 5.41) is 4.15. The molecule has 0 spiro atoms. The molecule has 1 aromatic carbocycles. The summed E-state index contributed by atoms with van der Waals surface area (Å²) in [6.07, 6.45) is 1.24. The van der Waals surface area contributed by atoms with E-state index in [2.05, 4.69) is 25.9 Å². The van der Waals surface area contributed by atoms with Crippen LogP contribution in [-0.2, 0) is 9.63 Å². The van der Waals surface area contributed by atoms with Crippen LogP contribution in [0.4, 0.5) is 0 Å². The third kappa shape index (κ3) is 4.59. The zero-order valence-electron chi connectivity index (χ0n) is 13.3. The van der Waals surface area contributed by atoms with Crippen molar-refractivity contribution in [2.75, 3.05) is 13.6 Å². The van der Waals surface area contributed by atoms with E-state index in [1.165, 1.54) is 0 Å². The van der Waals surface area contributed by atoms with E-state index in [0.29, 0.717) is 13.0 Å². The minimum atomic E-state index is -0.0471. The van der Waals surface area contributed by atoms with Crippen molar-refractivity contribution in [3.05, 3.63) is 35.9 Å². The van der Waals surface area contributed by atoms with E-state index >= 15 is 0 Å². The number of benzene rings is 1. The number of rotatable bonds is 4. The van der Waals surface area contributed by atoms with Gasteiger partial charge in [0.25, 0.3) is 0 Å². The Kier molecular flexibility index (Phi) is 4.66. The predicted molar refractivity (Wildman–Crippen MR) is 84.2 cm³/mol. The molecule has 21 heavy (non-hydrogen) atoms. The van der Waals surface area contributed by atoms with E-state index in [9.17, 15) is 4.79 Å². The number of hydrogen-bond acceptors (Lipinski definition) is 3. The van der Waals surface area contributed by atoms with Gasteiger partial charge in [-0.05, 0) is 11.0 Å². The molecule has 1 aliphatic rings. The summed E-state index contributed by atoms with van der Waals surface area (Å²) in [6.45, 7) is 6.79. The highest BCUT2D eigenvalue weighted by atomic mass is 16.6. The summed E-state index contributed by atoms with van der Waals surface area (Å²) < 4.78 is 0. The molecule has 0 N–H and O–H groups in total. The molecule has 1 heterocycles. The van der Waals surface area contributed by atoms with Crippen LogP contribution in [0.5, 0.6) is 0 Å². The van der Waals surface area contributed by atoms with Gasteiger partial charge in [-0.2, -0.15) is 0 Å². The molecule has 0 fully saturated rings. The summed E-state index contributed by atoms with van der Waals surface area (Å²) in [5.41, 5.74) is 2.05. The summed E-state index contributed by atoms with van der Waals surface area (Å²) in [4.78, 5) is 19.3. The summed E-state index contributed by atoms with van der Waals surface area (Å²) >= 11 is 0. The molecule has 0 saturated carbocycles. The van der Waals surface area contributed by atoms with E-state index in [-0.39, 0.29) is 17.4 Å². The molecule has 1 aromatic rings. The first-order chi connectivity index (χ1) is 9.85. The van der Waals surface area contributed by atoms with Crippen LogP contribution in [0.3, 0.4) is 0 Å². The second-order valence-corrected chi connectivity index (χ2v) is 6.85. The van der Waals surface area contributed by atoms with Crippen molar-refractivity contribution in [3.8, 4) is 0 Å². The number of carbonyl (C=O) groups excluding carboxylic acids is 1. The molecule has 1 aliphatic heterocycles. The van der Waals surface area contributed by atoms with Crippen molar-refractivity contribution >= 4 is 11.6 Å². The largest absolute Gasteiger partial charge is 0.390 e. The van der Waals surface area contributed by atoms with E-state index in [1.807, 2.05) is 37.4 Å². The lowest BCUT2D eigenvalue weighted by Gasteiger charge is -2.24. The topological polar surface area (TPSA) is 41.9 Å². The highest BCUT2D eigenvalue weighted by molar-refractivity contribution is 6.01. The van der Waals surface area contributed by atoms with Crippen molar-refractivity contribution in [1.29, 1.82) is 0 Å². The molecule has 4 heteroatoms.